The van der Waals surface area contributed by atoms with Gasteiger partial charge in [-0.3, -0.25) is 0 Å². The molecule has 3 aromatic rings. The van der Waals surface area contributed by atoms with Gasteiger partial charge in [0.15, 0.2) is 0 Å². The van der Waals surface area contributed by atoms with E-state index in [1.807, 2.05) is 37.3 Å². The van der Waals surface area contributed by atoms with Crippen LogP contribution >= 0.6 is 11.6 Å². The molecule has 134 valence electrons. The Hall–Kier alpha value is -2.70. The molecule has 3 rings (SSSR count). The summed E-state index contributed by atoms with van der Waals surface area (Å²) in [5.41, 5.74) is 1.68. The van der Waals surface area contributed by atoms with E-state index < -0.39 is 12.1 Å². The van der Waals surface area contributed by atoms with Crippen molar-refractivity contribution in [2.24, 2.45) is 0 Å². The molecule has 2 aromatic carbocycles. The molecular weight excluding hydrogens is 354 g/mol. The fraction of sp³-hybridized carbons (Fsp3) is 0.211. The van der Waals surface area contributed by atoms with E-state index in [2.05, 4.69) is 15.3 Å². The minimum absolute atomic E-state index is 0.0448. The molecule has 0 amide bonds. The van der Waals surface area contributed by atoms with Crippen molar-refractivity contribution < 1.29 is 14.6 Å². The highest BCUT2D eigenvalue weighted by molar-refractivity contribution is 6.28. The van der Waals surface area contributed by atoms with E-state index in [0.29, 0.717) is 22.3 Å². The summed E-state index contributed by atoms with van der Waals surface area (Å²) in [5, 5.41) is 14.5. The molecule has 1 aromatic heterocycles. The molecule has 0 aliphatic heterocycles. The summed E-state index contributed by atoms with van der Waals surface area (Å²) in [6.07, 6.45) is -0.727. The van der Waals surface area contributed by atoms with Gasteiger partial charge in [-0.2, -0.15) is 0 Å². The minimum Gasteiger partial charge on any atom is -0.465 e. The van der Waals surface area contributed by atoms with Gasteiger partial charge in [0.05, 0.1) is 30.3 Å². The number of methoxy groups -OCH3 is 1. The summed E-state index contributed by atoms with van der Waals surface area (Å²) in [4.78, 5) is 20.1. The number of benzene rings is 2. The average molecular weight is 372 g/mol. The van der Waals surface area contributed by atoms with E-state index in [0.717, 1.165) is 5.56 Å². The number of carbonyl (C=O) groups is 1. The molecule has 6 nitrogen and oxygen atoms in total. The maximum absolute atomic E-state index is 11.7. The monoisotopic (exact) mass is 371 g/mol. The van der Waals surface area contributed by atoms with Gasteiger partial charge >= 0.3 is 5.97 Å². The molecule has 1 unspecified atom stereocenters. The van der Waals surface area contributed by atoms with Gasteiger partial charge in [0.2, 0.25) is 5.28 Å². The molecule has 2 atom stereocenters. The van der Waals surface area contributed by atoms with Crippen molar-refractivity contribution in [2.45, 2.75) is 19.1 Å². The Morgan fingerprint density at radius 3 is 2.62 bits per heavy atom. The van der Waals surface area contributed by atoms with Crippen molar-refractivity contribution in [1.82, 2.24) is 9.97 Å². The number of nitrogens with one attached hydrogen (secondary N) is 1. The molecule has 0 saturated heterocycles. The van der Waals surface area contributed by atoms with Crippen molar-refractivity contribution in [3.63, 3.8) is 0 Å². The molecule has 1 heterocycles. The Balaban J connectivity index is 1.93. The van der Waals surface area contributed by atoms with Gasteiger partial charge < -0.3 is 15.2 Å². The largest absolute Gasteiger partial charge is 0.465 e. The van der Waals surface area contributed by atoms with E-state index in [1.165, 1.54) is 7.11 Å². The SMILES string of the molecule is COC(=O)c1ccc2c(NC(C)[C@H](O)c3ccccc3)nc(Cl)nc2c1. The first kappa shape index (κ1) is 18.1. The molecular formula is C19H18ClN3O3. The molecule has 26 heavy (non-hydrogen) atoms. The van der Waals surface area contributed by atoms with E-state index in [-0.39, 0.29) is 11.3 Å². The van der Waals surface area contributed by atoms with Crippen LogP contribution in [0.25, 0.3) is 10.9 Å². The van der Waals surface area contributed by atoms with Crippen LogP contribution in [0.15, 0.2) is 48.5 Å². The number of ether oxygens (including phenoxy) is 1. The van der Waals surface area contributed by atoms with Gasteiger partial charge in [-0.25, -0.2) is 14.8 Å². The second-order valence-corrected chi connectivity index (χ2v) is 6.19. The van der Waals surface area contributed by atoms with E-state index in [4.69, 9.17) is 16.3 Å². The fourth-order valence-corrected chi connectivity index (χ4v) is 2.87. The highest BCUT2D eigenvalue weighted by Crippen LogP contribution is 2.26. The van der Waals surface area contributed by atoms with Crippen LogP contribution in [0.5, 0.6) is 0 Å². The number of aliphatic hydroxyl groups is 1. The third kappa shape index (κ3) is 3.76. The lowest BCUT2D eigenvalue weighted by Gasteiger charge is -2.22. The fourth-order valence-electron chi connectivity index (χ4n) is 2.69. The Labute approximate surface area is 155 Å². The zero-order chi connectivity index (χ0) is 18.7. The predicted molar refractivity (Wildman–Crippen MR) is 100 cm³/mol. The van der Waals surface area contributed by atoms with Crippen molar-refractivity contribution in [1.29, 1.82) is 0 Å². The van der Waals surface area contributed by atoms with Gasteiger partial charge in [0.25, 0.3) is 0 Å². The van der Waals surface area contributed by atoms with Crippen molar-refractivity contribution >= 4 is 34.3 Å². The number of carbonyl (C=O) groups excluding carboxylic acids is 1. The highest BCUT2D eigenvalue weighted by atomic mass is 35.5. The van der Waals surface area contributed by atoms with Gasteiger partial charge in [0.1, 0.15) is 5.82 Å². The number of halogens is 1. The number of hydrogen-bond donors (Lipinski definition) is 2. The van der Waals surface area contributed by atoms with Crippen LogP contribution in [-0.2, 0) is 4.74 Å². The van der Waals surface area contributed by atoms with Gasteiger partial charge in [-0.15, -0.1) is 0 Å². The maximum Gasteiger partial charge on any atom is 0.337 e. The van der Waals surface area contributed by atoms with Crippen LogP contribution in [0.1, 0.15) is 28.9 Å². The number of aromatic nitrogens is 2. The standard InChI is InChI=1S/C19H18ClN3O3/c1-11(16(24)12-6-4-3-5-7-12)21-17-14-9-8-13(18(25)26-2)10-15(14)22-19(20)23-17/h3-11,16,24H,1-2H3,(H,21,22,23)/t11?,16-/m0/s1. The summed E-state index contributed by atoms with van der Waals surface area (Å²) in [6, 6.07) is 14.0. The number of esters is 1. The molecule has 0 aliphatic rings. The Kier molecular flexibility index (Phi) is 5.35. The Morgan fingerprint density at radius 2 is 1.92 bits per heavy atom. The summed E-state index contributed by atoms with van der Waals surface area (Å²) in [5.74, 6) is 0.0305. The number of hydrogen-bond acceptors (Lipinski definition) is 6. The third-order valence-corrected chi connectivity index (χ3v) is 4.24. The molecule has 7 heteroatoms. The van der Waals surface area contributed by atoms with Gasteiger partial charge in [0, 0.05) is 5.39 Å². The van der Waals surface area contributed by atoms with Crippen LogP contribution in [0.2, 0.25) is 5.28 Å². The minimum atomic E-state index is -0.727. The summed E-state index contributed by atoms with van der Waals surface area (Å²) in [7, 11) is 1.32. The topological polar surface area (TPSA) is 84.3 Å². The zero-order valence-corrected chi connectivity index (χ0v) is 15.1. The Bertz CT molecular complexity index is 934. The second kappa shape index (κ2) is 7.68. The molecule has 2 N–H and O–H groups in total. The second-order valence-electron chi connectivity index (χ2n) is 5.85. The number of fused-ring (bicyclic) bond motifs is 1. The lowest BCUT2D eigenvalue weighted by Crippen LogP contribution is -2.24. The molecule has 0 bridgehead atoms. The van der Waals surface area contributed by atoms with E-state index in [9.17, 15) is 9.90 Å². The molecule has 0 aliphatic carbocycles. The summed E-state index contributed by atoms with van der Waals surface area (Å²) >= 11 is 6.03. The first-order valence-electron chi connectivity index (χ1n) is 8.04. The number of nitrogens with zero attached hydrogens (tertiary/aromatic N) is 2. The first-order chi connectivity index (χ1) is 12.5. The van der Waals surface area contributed by atoms with Crippen LogP contribution in [-0.4, -0.2) is 34.2 Å². The smallest absolute Gasteiger partial charge is 0.337 e. The maximum atomic E-state index is 11.7. The van der Waals surface area contributed by atoms with Crippen molar-refractivity contribution in [3.05, 3.63) is 64.9 Å². The van der Waals surface area contributed by atoms with Crippen LogP contribution in [0.3, 0.4) is 0 Å². The molecule has 0 spiro atoms. The normalized spacial score (nSPS) is 13.2. The molecule has 0 radical (unpaired) electrons. The number of rotatable bonds is 5. The average Bonchev–Trinajstić information content (AvgIpc) is 2.66. The van der Waals surface area contributed by atoms with Gasteiger partial charge in [-0.05, 0) is 42.3 Å². The van der Waals surface area contributed by atoms with Crippen LogP contribution in [0.4, 0.5) is 5.82 Å². The van der Waals surface area contributed by atoms with Gasteiger partial charge in [-0.1, -0.05) is 30.3 Å². The van der Waals surface area contributed by atoms with Crippen LogP contribution in [0, 0.1) is 0 Å². The molecule has 0 fully saturated rings. The number of aliphatic hydroxyl groups excluding tert-OH is 1. The highest BCUT2D eigenvalue weighted by Gasteiger charge is 2.19. The molecule has 0 saturated carbocycles. The third-order valence-electron chi connectivity index (χ3n) is 4.07. The lowest BCUT2D eigenvalue weighted by molar-refractivity contribution is 0.0601. The summed E-state index contributed by atoms with van der Waals surface area (Å²) in [6.45, 7) is 1.85. The zero-order valence-electron chi connectivity index (χ0n) is 14.3. The van der Waals surface area contributed by atoms with Crippen molar-refractivity contribution in [3.8, 4) is 0 Å². The van der Waals surface area contributed by atoms with Crippen LogP contribution < -0.4 is 5.32 Å². The van der Waals surface area contributed by atoms with E-state index >= 15 is 0 Å². The summed E-state index contributed by atoms with van der Waals surface area (Å²) < 4.78 is 4.73. The van der Waals surface area contributed by atoms with Crippen molar-refractivity contribution in [2.75, 3.05) is 12.4 Å². The quantitative estimate of drug-likeness (QED) is 0.526. The van der Waals surface area contributed by atoms with E-state index in [1.54, 1.807) is 18.2 Å². The lowest BCUT2D eigenvalue weighted by atomic mass is 10.0. The predicted octanol–water partition coefficient (Wildman–Crippen LogP) is 3.60. The number of anilines is 1. The Morgan fingerprint density at radius 1 is 1.19 bits per heavy atom. The first-order valence-corrected chi connectivity index (χ1v) is 8.42.